The molecule has 1 fully saturated rings. The Bertz CT molecular complexity index is 430. The molecule has 1 aromatic rings. The molecule has 19 heavy (non-hydrogen) atoms. The van der Waals surface area contributed by atoms with Gasteiger partial charge in [-0.15, -0.1) is 0 Å². The van der Waals surface area contributed by atoms with Crippen molar-refractivity contribution in [3.8, 4) is 0 Å². The molecule has 0 saturated carbocycles. The van der Waals surface area contributed by atoms with Crippen LogP contribution in [0.2, 0.25) is 0 Å². The highest BCUT2D eigenvalue weighted by molar-refractivity contribution is 5.85. The SMILES string of the molecule is O=C(CCCCc1ccccc1)N[C@H]1CCOC1=O. The molecule has 0 unspecified atom stereocenters. The molecule has 0 spiro atoms. The van der Waals surface area contributed by atoms with Crippen LogP contribution in [0.4, 0.5) is 0 Å². The van der Waals surface area contributed by atoms with Gasteiger partial charge in [0, 0.05) is 12.8 Å². The molecule has 1 atom stereocenters. The van der Waals surface area contributed by atoms with Crippen molar-refractivity contribution in [2.24, 2.45) is 0 Å². The number of nitrogens with one attached hydrogen (secondary N) is 1. The number of esters is 1. The van der Waals surface area contributed by atoms with Crippen LogP contribution in [0.3, 0.4) is 0 Å². The Morgan fingerprint density at radius 3 is 2.74 bits per heavy atom. The number of hydrogen-bond donors (Lipinski definition) is 1. The number of hydrogen-bond acceptors (Lipinski definition) is 3. The number of carbonyl (C=O) groups is 2. The average molecular weight is 261 g/mol. The number of amides is 1. The lowest BCUT2D eigenvalue weighted by molar-refractivity contribution is -0.141. The van der Waals surface area contributed by atoms with Crippen LogP contribution in [0.1, 0.15) is 31.2 Å². The minimum Gasteiger partial charge on any atom is -0.464 e. The van der Waals surface area contributed by atoms with Gasteiger partial charge in [0.05, 0.1) is 6.61 Å². The first-order valence-corrected chi connectivity index (χ1v) is 6.75. The molecule has 102 valence electrons. The fraction of sp³-hybridized carbons (Fsp3) is 0.467. The highest BCUT2D eigenvalue weighted by Crippen LogP contribution is 2.08. The maximum absolute atomic E-state index is 11.6. The van der Waals surface area contributed by atoms with Crippen LogP contribution in [0.15, 0.2) is 30.3 Å². The Morgan fingerprint density at radius 2 is 2.05 bits per heavy atom. The largest absolute Gasteiger partial charge is 0.464 e. The fourth-order valence-electron chi connectivity index (χ4n) is 2.15. The third-order valence-electron chi connectivity index (χ3n) is 3.23. The van der Waals surface area contributed by atoms with Crippen LogP contribution in [0.5, 0.6) is 0 Å². The lowest BCUT2D eigenvalue weighted by Gasteiger charge is -2.08. The van der Waals surface area contributed by atoms with E-state index < -0.39 is 6.04 Å². The molecule has 0 aromatic heterocycles. The first-order valence-electron chi connectivity index (χ1n) is 6.75. The molecule has 0 radical (unpaired) electrons. The minimum atomic E-state index is -0.429. The highest BCUT2D eigenvalue weighted by Gasteiger charge is 2.27. The highest BCUT2D eigenvalue weighted by atomic mass is 16.5. The Balaban J connectivity index is 1.60. The molecule has 1 aliphatic heterocycles. The van der Waals surface area contributed by atoms with Gasteiger partial charge in [0.15, 0.2) is 0 Å². The summed E-state index contributed by atoms with van der Waals surface area (Å²) in [6, 6.07) is 9.80. The van der Waals surface area contributed by atoms with E-state index in [1.165, 1.54) is 5.56 Å². The molecule has 1 heterocycles. The van der Waals surface area contributed by atoms with Crippen molar-refractivity contribution < 1.29 is 14.3 Å². The van der Waals surface area contributed by atoms with Crippen molar-refractivity contribution in [3.05, 3.63) is 35.9 Å². The maximum Gasteiger partial charge on any atom is 0.328 e. The van der Waals surface area contributed by atoms with Crippen molar-refractivity contribution in [2.45, 2.75) is 38.1 Å². The van der Waals surface area contributed by atoms with Gasteiger partial charge < -0.3 is 10.1 Å². The van der Waals surface area contributed by atoms with E-state index in [9.17, 15) is 9.59 Å². The van der Waals surface area contributed by atoms with Crippen LogP contribution in [0, 0.1) is 0 Å². The second kappa shape index (κ2) is 6.92. The number of unbranched alkanes of at least 4 members (excludes halogenated alkanes) is 1. The molecule has 1 amide bonds. The Hall–Kier alpha value is -1.84. The van der Waals surface area contributed by atoms with Crippen LogP contribution in [0.25, 0.3) is 0 Å². The summed E-state index contributed by atoms with van der Waals surface area (Å²) >= 11 is 0. The minimum absolute atomic E-state index is 0.0584. The third kappa shape index (κ3) is 4.39. The van der Waals surface area contributed by atoms with Crippen LogP contribution in [-0.2, 0) is 20.7 Å². The van der Waals surface area contributed by atoms with E-state index in [2.05, 4.69) is 17.4 Å². The summed E-state index contributed by atoms with van der Waals surface area (Å²) in [5.41, 5.74) is 1.29. The van der Waals surface area contributed by atoms with Gasteiger partial charge in [-0.2, -0.15) is 0 Å². The average Bonchev–Trinajstić information content (AvgIpc) is 2.82. The van der Waals surface area contributed by atoms with Gasteiger partial charge in [-0.3, -0.25) is 4.79 Å². The zero-order valence-electron chi connectivity index (χ0n) is 10.9. The molecule has 1 aliphatic rings. The van der Waals surface area contributed by atoms with E-state index in [4.69, 9.17) is 4.74 Å². The van der Waals surface area contributed by atoms with Crippen LogP contribution >= 0.6 is 0 Å². The molecule has 0 aliphatic carbocycles. The lowest BCUT2D eigenvalue weighted by atomic mass is 10.1. The van der Waals surface area contributed by atoms with Gasteiger partial charge in [-0.05, 0) is 24.8 Å². The van der Waals surface area contributed by atoms with E-state index in [0.717, 1.165) is 19.3 Å². The standard InChI is InChI=1S/C15H19NO3/c17-14(16-13-10-11-19-15(13)18)9-5-4-8-12-6-2-1-3-7-12/h1-3,6-7,13H,4-5,8-11H2,(H,16,17)/t13-/m0/s1. The fourth-order valence-corrected chi connectivity index (χ4v) is 2.15. The smallest absolute Gasteiger partial charge is 0.328 e. The number of ether oxygens (including phenoxy) is 1. The molecule has 4 nitrogen and oxygen atoms in total. The Morgan fingerprint density at radius 1 is 1.26 bits per heavy atom. The third-order valence-corrected chi connectivity index (χ3v) is 3.23. The summed E-state index contributed by atoms with van der Waals surface area (Å²) in [6.45, 7) is 0.414. The second-order valence-electron chi connectivity index (χ2n) is 4.77. The molecule has 0 bridgehead atoms. The predicted octanol–water partition coefficient (Wildman–Crippen LogP) is 1.83. The monoisotopic (exact) mass is 261 g/mol. The van der Waals surface area contributed by atoms with Crippen molar-refractivity contribution >= 4 is 11.9 Å². The van der Waals surface area contributed by atoms with Gasteiger partial charge in [0.1, 0.15) is 6.04 Å². The predicted molar refractivity (Wildman–Crippen MR) is 71.5 cm³/mol. The molecule has 4 heteroatoms. The summed E-state index contributed by atoms with van der Waals surface area (Å²) in [5.74, 6) is -0.366. The van der Waals surface area contributed by atoms with Crippen molar-refractivity contribution in [2.75, 3.05) is 6.61 Å². The number of rotatable bonds is 6. The molecule has 1 N–H and O–H groups in total. The summed E-state index contributed by atoms with van der Waals surface area (Å²) in [4.78, 5) is 22.8. The normalized spacial score (nSPS) is 18.1. The van der Waals surface area contributed by atoms with Gasteiger partial charge in [0.2, 0.25) is 5.91 Å². The zero-order chi connectivity index (χ0) is 13.5. The van der Waals surface area contributed by atoms with Gasteiger partial charge >= 0.3 is 5.97 Å². The quantitative estimate of drug-likeness (QED) is 0.628. The Labute approximate surface area is 113 Å². The number of benzene rings is 1. The summed E-state index contributed by atoms with van der Waals surface area (Å²) in [7, 11) is 0. The number of cyclic esters (lactones) is 1. The van der Waals surface area contributed by atoms with E-state index in [0.29, 0.717) is 19.4 Å². The first kappa shape index (κ1) is 13.6. The molecule has 1 aromatic carbocycles. The molecule has 2 rings (SSSR count). The van der Waals surface area contributed by atoms with Crippen LogP contribution < -0.4 is 5.32 Å². The van der Waals surface area contributed by atoms with Crippen molar-refractivity contribution in [1.29, 1.82) is 0 Å². The Kier molecular flexibility index (Phi) is 4.95. The summed E-state index contributed by atoms with van der Waals surface area (Å²) < 4.78 is 4.80. The van der Waals surface area contributed by atoms with Gasteiger partial charge in [-0.25, -0.2) is 4.79 Å². The van der Waals surface area contributed by atoms with E-state index >= 15 is 0 Å². The second-order valence-corrected chi connectivity index (χ2v) is 4.77. The van der Waals surface area contributed by atoms with E-state index in [1.807, 2.05) is 18.2 Å². The summed E-state index contributed by atoms with van der Waals surface area (Å²) in [5, 5.41) is 2.71. The van der Waals surface area contributed by atoms with Gasteiger partial charge in [-0.1, -0.05) is 30.3 Å². The maximum atomic E-state index is 11.6. The van der Waals surface area contributed by atoms with E-state index in [1.54, 1.807) is 0 Å². The lowest BCUT2D eigenvalue weighted by Crippen LogP contribution is -2.37. The number of carbonyl (C=O) groups excluding carboxylic acids is 2. The summed E-state index contributed by atoms with van der Waals surface area (Å²) in [6.07, 6.45) is 3.86. The first-order chi connectivity index (χ1) is 9.25. The topological polar surface area (TPSA) is 55.4 Å². The van der Waals surface area contributed by atoms with Crippen molar-refractivity contribution in [1.82, 2.24) is 5.32 Å². The van der Waals surface area contributed by atoms with E-state index in [-0.39, 0.29) is 11.9 Å². The molecular weight excluding hydrogens is 242 g/mol. The van der Waals surface area contributed by atoms with Gasteiger partial charge in [0.25, 0.3) is 0 Å². The molecular formula is C15H19NO3. The zero-order valence-corrected chi connectivity index (χ0v) is 10.9. The van der Waals surface area contributed by atoms with Crippen molar-refractivity contribution in [3.63, 3.8) is 0 Å². The number of aryl methyl sites for hydroxylation is 1. The van der Waals surface area contributed by atoms with Crippen LogP contribution in [-0.4, -0.2) is 24.5 Å². The molecule has 1 saturated heterocycles.